The van der Waals surface area contributed by atoms with Gasteiger partial charge in [0.15, 0.2) is 0 Å². The van der Waals surface area contributed by atoms with Crippen LogP contribution in [0.4, 0.5) is 5.69 Å². The zero-order chi connectivity index (χ0) is 14.6. The molecule has 0 bridgehead atoms. The van der Waals surface area contributed by atoms with Gasteiger partial charge >= 0.3 is 0 Å². The van der Waals surface area contributed by atoms with Gasteiger partial charge in [-0.1, -0.05) is 12.1 Å². The van der Waals surface area contributed by atoms with E-state index in [1.165, 1.54) is 16.8 Å². The molecule has 4 nitrogen and oxygen atoms in total. The van der Waals surface area contributed by atoms with Gasteiger partial charge in [-0.25, -0.2) is 0 Å². The smallest absolute Gasteiger partial charge is 0.148 e. The summed E-state index contributed by atoms with van der Waals surface area (Å²) in [5.41, 5.74) is 3.65. The van der Waals surface area contributed by atoms with Crippen molar-refractivity contribution in [1.29, 1.82) is 0 Å². The number of fused-ring (bicyclic) bond motifs is 3. The number of hydrogen-bond acceptors (Lipinski definition) is 4. The summed E-state index contributed by atoms with van der Waals surface area (Å²) in [5, 5.41) is 0. The molecule has 1 aromatic carbocycles. The number of hydrogen-bond donors (Lipinski definition) is 0. The number of benzene rings is 1. The van der Waals surface area contributed by atoms with E-state index >= 15 is 0 Å². The van der Waals surface area contributed by atoms with Crippen LogP contribution in [0, 0.1) is 6.92 Å². The molecule has 1 aromatic rings. The highest BCUT2D eigenvalue weighted by Gasteiger charge is 2.37. The number of anilines is 1. The van der Waals surface area contributed by atoms with Gasteiger partial charge in [0, 0.05) is 37.4 Å². The Hall–Kier alpha value is -2.23. The summed E-state index contributed by atoms with van der Waals surface area (Å²) in [6, 6.07) is 4.36. The fraction of sp³-hybridized carbons (Fsp3) is 0.353. The second-order valence-electron chi connectivity index (χ2n) is 5.90. The van der Waals surface area contributed by atoms with Crippen LogP contribution in [0.2, 0.25) is 0 Å². The largest absolute Gasteiger partial charge is 0.483 e. The Labute approximate surface area is 125 Å². The van der Waals surface area contributed by atoms with E-state index in [4.69, 9.17) is 4.74 Å². The lowest BCUT2D eigenvalue weighted by Gasteiger charge is -2.29. The van der Waals surface area contributed by atoms with Crippen LogP contribution in [0.5, 0.6) is 5.75 Å². The molecule has 0 amide bonds. The average Bonchev–Trinajstić information content (AvgIpc) is 3.01. The molecule has 3 atom stereocenters. The maximum Gasteiger partial charge on any atom is 0.148 e. The SMILES string of the molecule is Cc1ccc2c(c1N1C=CN(C)[C@@H]1C)OC1C=CN=CC21. The first-order chi connectivity index (χ1) is 10.2. The molecule has 0 spiro atoms. The molecule has 0 aliphatic carbocycles. The molecule has 4 heteroatoms. The first kappa shape index (κ1) is 12.5. The van der Waals surface area contributed by atoms with Crippen molar-refractivity contribution in [3.05, 3.63) is 47.9 Å². The molecular formula is C17H19N3O. The van der Waals surface area contributed by atoms with Gasteiger partial charge in [0.1, 0.15) is 18.0 Å². The van der Waals surface area contributed by atoms with Crippen molar-refractivity contribution in [2.24, 2.45) is 4.99 Å². The van der Waals surface area contributed by atoms with Crippen LogP contribution < -0.4 is 9.64 Å². The molecule has 108 valence electrons. The van der Waals surface area contributed by atoms with Crippen LogP contribution in [0.3, 0.4) is 0 Å². The quantitative estimate of drug-likeness (QED) is 0.792. The molecule has 0 aromatic heterocycles. The standard InChI is InChI=1S/C17H19N3O/c1-11-4-5-13-14-10-18-7-6-15(14)21-17(13)16(11)20-9-8-19(3)12(20)2/h4-10,12,14-15H,1-3H3/t12-,14?,15?/m0/s1. The minimum Gasteiger partial charge on any atom is -0.483 e. The topological polar surface area (TPSA) is 28.1 Å². The number of aliphatic imine (C=N–C) groups is 1. The van der Waals surface area contributed by atoms with Crippen LogP contribution >= 0.6 is 0 Å². The van der Waals surface area contributed by atoms with E-state index < -0.39 is 0 Å². The van der Waals surface area contributed by atoms with Crippen molar-refractivity contribution < 1.29 is 4.74 Å². The fourth-order valence-corrected chi connectivity index (χ4v) is 3.26. The van der Waals surface area contributed by atoms with Gasteiger partial charge in [0.25, 0.3) is 0 Å². The lowest BCUT2D eigenvalue weighted by atomic mass is 9.94. The molecule has 21 heavy (non-hydrogen) atoms. The first-order valence-corrected chi connectivity index (χ1v) is 7.35. The van der Waals surface area contributed by atoms with Crippen molar-refractivity contribution in [2.45, 2.75) is 32.0 Å². The maximum atomic E-state index is 6.25. The predicted octanol–water partition coefficient (Wildman–Crippen LogP) is 3.01. The van der Waals surface area contributed by atoms with Crippen LogP contribution in [-0.4, -0.2) is 30.4 Å². The van der Waals surface area contributed by atoms with E-state index in [0.29, 0.717) is 6.17 Å². The van der Waals surface area contributed by atoms with Crippen molar-refractivity contribution in [1.82, 2.24) is 4.90 Å². The molecule has 0 radical (unpaired) electrons. The zero-order valence-corrected chi connectivity index (χ0v) is 12.5. The van der Waals surface area contributed by atoms with Crippen LogP contribution in [-0.2, 0) is 0 Å². The van der Waals surface area contributed by atoms with Gasteiger partial charge < -0.3 is 14.5 Å². The highest BCUT2D eigenvalue weighted by molar-refractivity contribution is 5.80. The average molecular weight is 281 g/mol. The Kier molecular flexibility index (Phi) is 2.61. The molecule has 3 aliphatic rings. The van der Waals surface area contributed by atoms with Crippen LogP contribution in [0.15, 0.2) is 41.8 Å². The molecule has 3 aliphatic heterocycles. The van der Waals surface area contributed by atoms with E-state index in [9.17, 15) is 0 Å². The summed E-state index contributed by atoms with van der Waals surface area (Å²) in [6.07, 6.45) is 10.5. The highest BCUT2D eigenvalue weighted by Crippen LogP contribution is 2.47. The maximum absolute atomic E-state index is 6.25. The van der Waals surface area contributed by atoms with Crippen molar-refractivity contribution in [3.63, 3.8) is 0 Å². The normalized spacial score (nSPS) is 28.8. The van der Waals surface area contributed by atoms with E-state index in [1.807, 2.05) is 18.5 Å². The summed E-state index contributed by atoms with van der Waals surface area (Å²) in [6.45, 7) is 4.34. The predicted molar refractivity (Wildman–Crippen MR) is 84.8 cm³/mol. The molecular weight excluding hydrogens is 262 g/mol. The Morgan fingerprint density at radius 3 is 2.86 bits per heavy atom. The van der Waals surface area contributed by atoms with E-state index in [0.717, 1.165) is 5.75 Å². The van der Waals surface area contributed by atoms with Crippen LogP contribution in [0.1, 0.15) is 24.0 Å². The number of aryl methyl sites for hydroxylation is 1. The third-order valence-electron chi connectivity index (χ3n) is 4.65. The third-order valence-corrected chi connectivity index (χ3v) is 4.65. The van der Waals surface area contributed by atoms with Gasteiger partial charge in [-0.15, -0.1) is 0 Å². The second-order valence-corrected chi connectivity index (χ2v) is 5.90. The summed E-state index contributed by atoms with van der Waals surface area (Å²) in [4.78, 5) is 8.75. The van der Waals surface area contributed by atoms with E-state index in [-0.39, 0.29) is 12.0 Å². The van der Waals surface area contributed by atoms with Gasteiger partial charge in [-0.2, -0.15) is 0 Å². The Morgan fingerprint density at radius 2 is 2.10 bits per heavy atom. The second kappa shape index (κ2) is 4.38. The zero-order valence-electron chi connectivity index (χ0n) is 12.5. The molecule has 0 saturated carbocycles. The molecule has 0 saturated heterocycles. The summed E-state index contributed by atoms with van der Waals surface area (Å²) < 4.78 is 6.25. The summed E-state index contributed by atoms with van der Waals surface area (Å²) in [5.74, 6) is 1.25. The molecule has 2 unspecified atom stereocenters. The summed E-state index contributed by atoms with van der Waals surface area (Å²) in [7, 11) is 2.09. The molecule has 0 fully saturated rings. The molecule has 3 heterocycles. The highest BCUT2D eigenvalue weighted by atomic mass is 16.5. The fourth-order valence-electron chi connectivity index (χ4n) is 3.26. The molecule has 0 N–H and O–H groups in total. The van der Waals surface area contributed by atoms with Crippen molar-refractivity contribution in [3.8, 4) is 5.75 Å². The minimum atomic E-state index is 0.0812. The lowest BCUT2D eigenvalue weighted by Crippen LogP contribution is -2.34. The minimum absolute atomic E-state index is 0.0812. The lowest BCUT2D eigenvalue weighted by molar-refractivity contribution is 0.274. The Bertz CT molecular complexity index is 677. The Balaban J connectivity index is 1.83. The van der Waals surface area contributed by atoms with E-state index in [1.54, 1.807) is 0 Å². The van der Waals surface area contributed by atoms with Crippen LogP contribution in [0.25, 0.3) is 0 Å². The van der Waals surface area contributed by atoms with Gasteiger partial charge in [-0.3, -0.25) is 4.99 Å². The van der Waals surface area contributed by atoms with Crippen molar-refractivity contribution in [2.75, 3.05) is 11.9 Å². The van der Waals surface area contributed by atoms with Gasteiger partial charge in [0.05, 0.1) is 11.6 Å². The Morgan fingerprint density at radius 1 is 1.24 bits per heavy atom. The van der Waals surface area contributed by atoms with E-state index in [2.05, 4.69) is 60.2 Å². The molecule has 4 rings (SSSR count). The third kappa shape index (κ3) is 1.71. The van der Waals surface area contributed by atoms with Gasteiger partial charge in [-0.05, 0) is 25.5 Å². The number of rotatable bonds is 1. The number of ether oxygens (including phenoxy) is 1. The van der Waals surface area contributed by atoms with Gasteiger partial charge in [0.2, 0.25) is 0 Å². The monoisotopic (exact) mass is 281 g/mol. The number of nitrogens with zero attached hydrogens (tertiary/aromatic N) is 3. The first-order valence-electron chi connectivity index (χ1n) is 7.35. The van der Waals surface area contributed by atoms with Crippen molar-refractivity contribution >= 4 is 11.9 Å². The summed E-state index contributed by atoms with van der Waals surface area (Å²) >= 11 is 0.